The van der Waals surface area contributed by atoms with Crippen LogP contribution in [0.3, 0.4) is 0 Å². The summed E-state index contributed by atoms with van der Waals surface area (Å²) in [6, 6.07) is 0. The first-order valence-corrected chi connectivity index (χ1v) is 34.1. The van der Waals surface area contributed by atoms with Gasteiger partial charge in [-0.25, -0.2) is 0 Å². The van der Waals surface area contributed by atoms with Gasteiger partial charge >= 0.3 is 92.7 Å². The summed E-state index contributed by atoms with van der Waals surface area (Å²) in [6.45, 7) is 24.4. The van der Waals surface area contributed by atoms with Crippen molar-refractivity contribution in [2.24, 2.45) is 29.6 Å². The summed E-state index contributed by atoms with van der Waals surface area (Å²) in [5, 5.41) is 26.3. The minimum Gasteiger partial charge on any atom is -0.466 e. The van der Waals surface area contributed by atoms with E-state index in [2.05, 4.69) is 59.4 Å². The maximum Gasteiger partial charge on any atom is 0.305 e. The molecule has 0 amide bonds. The summed E-state index contributed by atoms with van der Waals surface area (Å²) >= 11 is -2.89. The van der Waals surface area contributed by atoms with Crippen molar-refractivity contribution in [1.82, 2.24) is 0 Å². The topological polar surface area (TPSA) is 264 Å². The molecule has 2 heterocycles. The number of cyclic esters (lactones) is 3. The van der Waals surface area contributed by atoms with Gasteiger partial charge in [0.05, 0.1) is 51.1 Å². The Hall–Kier alpha value is -3.55. The molecule has 2 aliphatic heterocycles. The first-order valence-electron chi connectivity index (χ1n) is 29.7. The summed E-state index contributed by atoms with van der Waals surface area (Å²) < 4.78 is 43.7. The Balaban J connectivity index is -0.000000457. The Bertz CT molecular complexity index is 1520. The minimum absolute atomic E-state index is 0.0255. The molecular weight excluding hydrogens is 1110 g/mol. The number of carbonyl (C=O) groups is 7. The second-order valence-corrected chi connectivity index (χ2v) is 23.5. The van der Waals surface area contributed by atoms with Gasteiger partial charge in [-0.2, -0.15) is 0 Å². The van der Waals surface area contributed by atoms with E-state index in [4.69, 9.17) is 37.7 Å². The van der Waals surface area contributed by atoms with Crippen LogP contribution in [0.4, 0.5) is 0 Å². The number of carboxylic acid groups (broad SMARTS) is 1. The van der Waals surface area contributed by atoms with E-state index in [1.807, 2.05) is 6.92 Å². The average molecular weight is 1220 g/mol. The Labute approximate surface area is 478 Å². The number of ether oxygens (including phenoxy) is 5. The molecule has 0 aromatic heterocycles. The SMILES string of the molecule is C=CCC(CC(=O)OCCCCCC(=O)OCC(CC)CCCC)C(=O)O.C=CCC1CC(=O)OC1=O.CCCCC(CC)CO.CCCCC(CC)COC(=O)CCCCCO.CCC[CH2][Sn](=[O])[OH].O=C1CCCCCO1. The zero-order valence-electron chi connectivity index (χ0n) is 49.7. The fourth-order valence-corrected chi connectivity index (χ4v) is 9.21. The fourth-order valence-electron chi connectivity index (χ4n) is 7.34. The normalized spacial score (nSPS) is 14.9. The second kappa shape index (κ2) is 61.1. The summed E-state index contributed by atoms with van der Waals surface area (Å²) in [6.07, 6.45) is 29.1. The third-order valence-electron chi connectivity index (χ3n) is 12.8. The van der Waals surface area contributed by atoms with Gasteiger partial charge in [-0.15, -0.1) is 13.2 Å². The minimum atomic E-state index is -2.89. The molecule has 4 N–H and O–H groups in total. The van der Waals surface area contributed by atoms with Crippen LogP contribution in [-0.4, -0.2) is 120 Å². The van der Waals surface area contributed by atoms with Crippen molar-refractivity contribution in [1.29, 1.82) is 0 Å². The van der Waals surface area contributed by atoms with Crippen LogP contribution in [0.1, 0.15) is 241 Å². The van der Waals surface area contributed by atoms with Crippen molar-refractivity contribution in [2.45, 2.75) is 246 Å². The molecule has 2 saturated heterocycles. The van der Waals surface area contributed by atoms with Gasteiger partial charge in [-0.1, -0.05) is 118 Å². The van der Waals surface area contributed by atoms with Gasteiger partial charge in [0, 0.05) is 32.5 Å². The molecule has 0 bridgehead atoms. The predicted octanol–water partition coefficient (Wildman–Crippen LogP) is 12.5. The molecule has 2 aliphatic rings. The maximum absolute atomic E-state index is 11.8. The van der Waals surface area contributed by atoms with Crippen LogP contribution in [-0.2, 0) is 60.3 Å². The largest absolute Gasteiger partial charge is 0.466 e. The van der Waals surface area contributed by atoms with E-state index in [1.165, 1.54) is 38.2 Å². The summed E-state index contributed by atoms with van der Waals surface area (Å²) in [5.41, 5.74) is 0. The van der Waals surface area contributed by atoms with Gasteiger partial charge in [0.1, 0.15) is 0 Å². The van der Waals surface area contributed by atoms with Gasteiger partial charge in [0.2, 0.25) is 0 Å². The van der Waals surface area contributed by atoms with Gasteiger partial charge in [-0.3, -0.25) is 33.6 Å². The van der Waals surface area contributed by atoms with E-state index in [9.17, 15) is 36.6 Å². The maximum atomic E-state index is 11.8. The molecule has 0 spiro atoms. The van der Waals surface area contributed by atoms with E-state index in [-0.39, 0.29) is 56.3 Å². The van der Waals surface area contributed by atoms with Crippen LogP contribution < -0.4 is 0 Å². The molecule has 5 atom stereocenters. The van der Waals surface area contributed by atoms with Gasteiger partial charge in [0.25, 0.3) is 0 Å². The number of aliphatic hydroxyl groups is 2. The molecule has 0 radical (unpaired) electrons. The zero-order valence-corrected chi connectivity index (χ0v) is 52.6. The summed E-state index contributed by atoms with van der Waals surface area (Å²) in [5.74, 6) is -2.17. The molecule has 0 aromatic rings. The molecule has 456 valence electrons. The molecule has 0 aromatic carbocycles. The number of carbonyl (C=O) groups excluding carboxylic acids is 6. The zero-order chi connectivity index (χ0) is 59.6. The quantitative estimate of drug-likeness (QED) is 0.0112. The molecule has 5 unspecified atom stereocenters. The van der Waals surface area contributed by atoms with Crippen LogP contribution in [0.2, 0.25) is 4.44 Å². The Morgan fingerprint density at radius 3 is 1.59 bits per heavy atom. The van der Waals surface area contributed by atoms with E-state index >= 15 is 0 Å². The first-order chi connectivity index (χ1) is 37.4. The van der Waals surface area contributed by atoms with Crippen LogP contribution in [0.15, 0.2) is 25.3 Å². The average Bonchev–Trinajstić information content (AvgIpc) is 3.55. The van der Waals surface area contributed by atoms with Crippen molar-refractivity contribution in [2.75, 3.05) is 39.6 Å². The number of esters is 6. The van der Waals surface area contributed by atoms with Gasteiger partial charge < -0.3 is 39.0 Å². The summed E-state index contributed by atoms with van der Waals surface area (Å²) in [4.78, 5) is 77.4. The summed E-state index contributed by atoms with van der Waals surface area (Å²) in [7, 11) is 0. The van der Waals surface area contributed by atoms with Crippen LogP contribution in [0, 0.1) is 29.6 Å². The van der Waals surface area contributed by atoms with Crippen molar-refractivity contribution in [3.8, 4) is 0 Å². The van der Waals surface area contributed by atoms with E-state index < -0.39 is 50.0 Å². The van der Waals surface area contributed by atoms with Crippen LogP contribution in [0.5, 0.6) is 0 Å². The second-order valence-electron chi connectivity index (χ2n) is 19.9. The monoisotopic (exact) mass is 1220 g/mol. The van der Waals surface area contributed by atoms with Gasteiger partial charge in [-0.05, 0) is 101 Å². The number of rotatable bonds is 38. The molecule has 0 aliphatic carbocycles. The molecule has 17 nitrogen and oxygen atoms in total. The smallest absolute Gasteiger partial charge is 0.305 e. The number of hydrogen-bond donors (Lipinski definition) is 4. The molecule has 0 saturated carbocycles. The van der Waals surface area contributed by atoms with Crippen molar-refractivity contribution < 1.29 is 79.1 Å². The van der Waals surface area contributed by atoms with Crippen LogP contribution >= 0.6 is 0 Å². The Morgan fingerprint density at radius 2 is 1.18 bits per heavy atom. The number of hydrogen-bond acceptors (Lipinski definition) is 15. The molecule has 18 heteroatoms. The number of aliphatic carboxylic acids is 1. The number of aliphatic hydroxyl groups excluding tert-OH is 2. The fraction of sp³-hybridized carbons (Fsp3) is 0.817. The van der Waals surface area contributed by atoms with E-state index in [0.29, 0.717) is 87.1 Å². The molecular formula is C60H110O17Sn. The molecule has 2 fully saturated rings. The first kappa shape index (κ1) is 80.9. The van der Waals surface area contributed by atoms with E-state index in [0.717, 1.165) is 103 Å². The van der Waals surface area contributed by atoms with Crippen molar-refractivity contribution in [3.63, 3.8) is 0 Å². The van der Waals surface area contributed by atoms with Crippen LogP contribution in [0.25, 0.3) is 0 Å². The third-order valence-corrected chi connectivity index (χ3v) is 15.1. The number of carboxylic acids is 1. The van der Waals surface area contributed by atoms with Gasteiger partial charge in [0.15, 0.2) is 0 Å². The number of unbranched alkanes of at least 4 members (excludes halogenated alkanes) is 8. The standard InChI is InChI=1S/C21H36O6.C14H28O3.C8H18O.C7H8O3.C6H10O2.C4H9.H2O.O.Sn/c1-4-7-12-17(6-3)16-27-19(22)13-9-8-10-14-26-20(23)15-18(11-5-2)21(24)25;1-3-5-9-13(4-2)12-17-14(16)10-7-6-8-11-15;1-3-5-6-8(4-2)7-9;1-2-3-5-4-6(8)10-7(5)9;7-6-4-2-1-3-5-8-6;1-3-4-2;;;/h5,17-18H,2,4,6-16H2,1,3H3,(H,24,25);13,15H,3-12H2,1-2H3;8-9H,3-7H2,1-2H3;2,5H,1,3-4H2;1-5H2;1,3-4H2,2H3;1H2;;/q;;;;;;;;+1/p-1. The molecule has 2 rings (SSSR count). The van der Waals surface area contributed by atoms with Crippen molar-refractivity contribution in [3.05, 3.63) is 25.3 Å². The van der Waals surface area contributed by atoms with Crippen molar-refractivity contribution >= 4 is 61.9 Å². The Morgan fingerprint density at radius 1 is 0.654 bits per heavy atom. The molecule has 78 heavy (non-hydrogen) atoms. The third kappa shape index (κ3) is 57.1. The van der Waals surface area contributed by atoms with E-state index in [1.54, 1.807) is 6.08 Å². The Kier molecular flexibility index (Phi) is 63.4. The number of allylic oxidation sites excluding steroid dienone is 2. The predicted molar refractivity (Wildman–Crippen MR) is 306 cm³/mol.